The van der Waals surface area contributed by atoms with Crippen LogP contribution in [0.25, 0.3) is 0 Å². The Kier molecular flexibility index (Phi) is 7.37. The van der Waals surface area contributed by atoms with Crippen LogP contribution in [-0.4, -0.2) is 35.9 Å². The third-order valence-corrected chi connectivity index (χ3v) is 3.83. The molecule has 0 fully saturated rings. The van der Waals surface area contributed by atoms with Gasteiger partial charge in [-0.3, -0.25) is 14.4 Å². The minimum Gasteiger partial charge on any atom is -0.508 e. The largest absolute Gasteiger partial charge is 0.508 e. The van der Waals surface area contributed by atoms with E-state index >= 15 is 0 Å². The van der Waals surface area contributed by atoms with Gasteiger partial charge in [0.15, 0.2) is 0 Å². The summed E-state index contributed by atoms with van der Waals surface area (Å²) in [6.07, 6.45) is 0.107. The van der Waals surface area contributed by atoms with Crippen molar-refractivity contribution in [1.29, 1.82) is 0 Å². The minimum atomic E-state index is -0.407. The molecule has 0 aliphatic carbocycles. The normalized spacial score (nSPS) is 11.3. The third-order valence-electron chi connectivity index (χ3n) is 3.83. The van der Waals surface area contributed by atoms with Crippen LogP contribution in [0.4, 0.5) is 0 Å². The van der Waals surface area contributed by atoms with Gasteiger partial charge in [0.05, 0.1) is 12.5 Å². The Labute approximate surface area is 157 Å². The zero-order valence-corrected chi connectivity index (χ0v) is 15.1. The van der Waals surface area contributed by atoms with Gasteiger partial charge in [0.1, 0.15) is 5.75 Å². The molecule has 27 heavy (non-hydrogen) atoms. The van der Waals surface area contributed by atoms with Gasteiger partial charge in [-0.1, -0.05) is 30.3 Å². The number of carbonyl (C=O) groups is 3. The molecule has 0 saturated heterocycles. The maximum atomic E-state index is 12.2. The second-order valence-corrected chi connectivity index (χ2v) is 6.02. The highest BCUT2D eigenvalue weighted by atomic mass is 16.3. The molecular formula is C20H23N3O4. The third kappa shape index (κ3) is 6.81. The maximum absolute atomic E-state index is 12.2. The highest BCUT2D eigenvalue weighted by Crippen LogP contribution is 2.16. The smallest absolute Gasteiger partial charge is 0.251 e. The van der Waals surface area contributed by atoms with E-state index in [0.29, 0.717) is 5.56 Å². The van der Waals surface area contributed by atoms with E-state index in [4.69, 9.17) is 0 Å². The molecule has 2 rings (SSSR count). The zero-order valence-electron chi connectivity index (χ0n) is 15.1. The fraction of sp³-hybridized carbons (Fsp3) is 0.250. The number of aromatic hydroxyl groups is 1. The fourth-order valence-electron chi connectivity index (χ4n) is 2.53. The van der Waals surface area contributed by atoms with Gasteiger partial charge in [0, 0.05) is 25.6 Å². The van der Waals surface area contributed by atoms with Crippen LogP contribution in [0.5, 0.6) is 5.75 Å². The second-order valence-electron chi connectivity index (χ2n) is 6.02. The molecule has 7 nitrogen and oxygen atoms in total. The summed E-state index contributed by atoms with van der Waals surface area (Å²) in [5.41, 5.74) is 1.28. The fourth-order valence-corrected chi connectivity index (χ4v) is 2.53. The van der Waals surface area contributed by atoms with Gasteiger partial charge in [-0.15, -0.1) is 0 Å². The molecule has 0 heterocycles. The number of carbonyl (C=O) groups excluding carboxylic acids is 3. The Hall–Kier alpha value is -3.35. The summed E-state index contributed by atoms with van der Waals surface area (Å²) in [5.74, 6) is -0.634. The van der Waals surface area contributed by atoms with E-state index in [1.54, 1.807) is 0 Å². The number of benzene rings is 2. The van der Waals surface area contributed by atoms with E-state index in [9.17, 15) is 19.5 Å². The van der Waals surface area contributed by atoms with Crippen molar-refractivity contribution in [2.24, 2.45) is 0 Å². The van der Waals surface area contributed by atoms with E-state index in [-0.39, 0.29) is 43.0 Å². The lowest BCUT2D eigenvalue weighted by molar-refractivity contribution is -0.122. The van der Waals surface area contributed by atoms with Crippen LogP contribution in [0.1, 0.15) is 35.3 Å². The van der Waals surface area contributed by atoms with Gasteiger partial charge in [-0.2, -0.15) is 0 Å². The average Bonchev–Trinajstić information content (AvgIpc) is 2.65. The number of amides is 3. The SMILES string of the molecule is CC(=O)NC(CC(=O)NCCNC(=O)c1ccc(O)cc1)c1ccccc1. The summed E-state index contributed by atoms with van der Waals surface area (Å²) >= 11 is 0. The van der Waals surface area contributed by atoms with Crippen LogP contribution < -0.4 is 16.0 Å². The molecule has 0 bridgehead atoms. The lowest BCUT2D eigenvalue weighted by Gasteiger charge is -2.18. The predicted octanol–water partition coefficient (Wildman–Crippen LogP) is 1.51. The molecule has 0 aliphatic rings. The predicted molar refractivity (Wildman–Crippen MR) is 101 cm³/mol. The number of hydrogen-bond donors (Lipinski definition) is 4. The molecule has 142 valence electrons. The molecule has 2 aromatic rings. The van der Waals surface area contributed by atoms with Gasteiger partial charge in [-0.25, -0.2) is 0 Å². The molecule has 0 aromatic heterocycles. The number of phenols is 1. The van der Waals surface area contributed by atoms with Crippen molar-refractivity contribution in [2.75, 3.05) is 13.1 Å². The van der Waals surface area contributed by atoms with Crippen molar-refractivity contribution < 1.29 is 19.5 Å². The van der Waals surface area contributed by atoms with Crippen LogP contribution in [0.2, 0.25) is 0 Å². The number of rotatable bonds is 8. The Morgan fingerprint density at radius 2 is 1.56 bits per heavy atom. The van der Waals surface area contributed by atoms with E-state index in [1.165, 1.54) is 31.2 Å². The summed E-state index contributed by atoms with van der Waals surface area (Å²) in [6, 6.07) is 14.8. The van der Waals surface area contributed by atoms with Crippen LogP contribution in [0, 0.1) is 0 Å². The molecule has 1 unspecified atom stereocenters. The van der Waals surface area contributed by atoms with Crippen LogP contribution in [0.15, 0.2) is 54.6 Å². The van der Waals surface area contributed by atoms with E-state index in [1.807, 2.05) is 30.3 Å². The van der Waals surface area contributed by atoms with Crippen LogP contribution in [-0.2, 0) is 9.59 Å². The summed E-state index contributed by atoms with van der Waals surface area (Å²) in [7, 11) is 0. The molecule has 0 saturated carbocycles. The van der Waals surface area contributed by atoms with Gasteiger partial charge >= 0.3 is 0 Å². The van der Waals surface area contributed by atoms with Gasteiger partial charge in [-0.05, 0) is 29.8 Å². The van der Waals surface area contributed by atoms with Crippen molar-refractivity contribution in [3.05, 3.63) is 65.7 Å². The molecule has 7 heteroatoms. The lowest BCUT2D eigenvalue weighted by atomic mass is 10.0. The molecule has 1 atom stereocenters. The van der Waals surface area contributed by atoms with Crippen LogP contribution >= 0.6 is 0 Å². The number of hydrogen-bond acceptors (Lipinski definition) is 4. The van der Waals surface area contributed by atoms with Crippen molar-refractivity contribution in [3.63, 3.8) is 0 Å². The van der Waals surface area contributed by atoms with E-state index in [2.05, 4.69) is 16.0 Å². The quantitative estimate of drug-likeness (QED) is 0.529. The Balaban J connectivity index is 1.77. The minimum absolute atomic E-state index is 0.0888. The monoisotopic (exact) mass is 369 g/mol. The average molecular weight is 369 g/mol. The highest BCUT2D eigenvalue weighted by Gasteiger charge is 2.16. The van der Waals surface area contributed by atoms with Crippen molar-refractivity contribution in [3.8, 4) is 5.75 Å². The highest BCUT2D eigenvalue weighted by molar-refractivity contribution is 5.94. The first-order valence-corrected chi connectivity index (χ1v) is 8.61. The molecule has 3 amide bonds. The molecule has 2 aromatic carbocycles. The molecule has 0 spiro atoms. The first-order valence-electron chi connectivity index (χ1n) is 8.61. The number of nitrogens with one attached hydrogen (secondary N) is 3. The number of phenolic OH excluding ortho intramolecular Hbond substituents is 1. The van der Waals surface area contributed by atoms with Crippen molar-refractivity contribution in [1.82, 2.24) is 16.0 Å². The zero-order chi connectivity index (χ0) is 19.6. The standard InChI is InChI=1S/C20H23N3O4/c1-14(24)23-18(15-5-3-2-4-6-15)13-19(26)21-11-12-22-20(27)16-7-9-17(25)10-8-16/h2-10,18,25H,11-13H2,1H3,(H,21,26)(H,22,27)(H,23,24). The topological polar surface area (TPSA) is 108 Å². The Bertz CT molecular complexity index is 776. The maximum Gasteiger partial charge on any atom is 0.251 e. The van der Waals surface area contributed by atoms with E-state index < -0.39 is 6.04 Å². The molecule has 0 aliphatic heterocycles. The summed E-state index contributed by atoms with van der Waals surface area (Å²) < 4.78 is 0. The van der Waals surface area contributed by atoms with Gasteiger partial charge < -0.3 is 21.1 Å². The summed E-state index contributed by atoms with van der Waals surface area (Å²) in [6.45, 7) is 1.94. The van der Waals surface area contributed by atoms with Crippen LogP contribution in [0.3, 0.4) is 0 Å². The molecular weight excluding hydrogens is 346 g/mol. The summed E-state index contributed by atoms with van der Waals surface area (Å²) in [4.78, 5) is 35.5. The first-order chi connectivity index (χ1) is 13.0. The lowest BCUT2D eigenvalue weighted by Crippen LogP contribution is -2.37. The van der Waals surface area contributed by atoms with E-state index in [0.717, 1.165) is 5.56 Å². The second kappa shape index (κ2) is 9.96. The van der Waals surface area contributed by atoms with Gasteiger partial charge in [0.25, 0.3) is 5.91 Å². The first kappa shape index (κ1) is 20.0. The van der Waals surface area contributed by atoms with Gasteiger partial charge in [0.2, 0.25) is 11.8 Å². The molecule has 4 N–H and O–H groups in total. The Morgan fingerprint density at radius 3 is 2.19 bits per heavy atom. The van der Waals surface area contributed by atoms with Crippen molar-refractivity contribution in [2.45, 2.75) is 19.4 Å². The molecule has 0 radical (unpaired) electrons. The Morgan fingerprint density at radius 1 is 0.926 bits per heavy atom. The summed E-state index contributed by atoms with van der Waals surface area (Å²) in [5, 5.41) is 17.4. The van der Waals surface area contributed by atoms with Crippen molar-refractivity contribution >= 4 is 17.7 Å².